The molecule has 4 rings (SSSR count). The van der Waals surface area contributed by atoms with E-state index in [1.54, 1.807) is 0 Å². The fraction of sp³-hybridized carbons (Fsp3) is 0.950. The predicted octanol–water partition coefficient (Wildman–Crippen LogP) is 5.73. The van der Waals surface area contributed by atoms with Crippen molar-refractivity contribution in [1.82, 2.24) is 0 Å². The van der Waals surface area contributed by atoms with Crippen molar-refractivity contribution in [3.05, 3.63) is 5.92 Å². The van der Waals surface area contributed by atoms with Crippen LogP contribution in [0, 0.1) is 51.8 Å². The molecule has 6 atom stereocenters. The third kappa shape index (κ3) is 1.31. The molecule has 0 N–H and O–H groups in total. The summed E-state index contributed by atoms with van der Waals surface area (Å²) < 4.78 is 0. The van der Waals surface area contributed by atoms with Crippen LogP contribution in [0.3, 0.4) is 0 Å². The molecule has 113 valence electrons. The molecule has 20 heavy (non-hydrogen) atoms. The Bertz CT molecular complexity index is 431. The van der Waals surface area contributed by atoms with Crippen molar-refractivity contribution >= 4 is 0 Å². The van der Waals surface area contributed by atoms with Gasteiger partial charge in [-0.25, -0.2) is 0 Å². The van der Waals surface area contributed by atoms with Crippen LogP contribution in [0.5, 0.6) is 0 Å². The topological polar surface area (TPSA) is 0 Å². The zero-order valence-corrected chi connectivity index (χ0v) is 14.4. The highest BCUT2D eigenvalue weighted by molar-refractivity contribution is 5.29. The van der Waals surface area contributed by atoms with E-state index in [1.165, 1.54) is 32.1 Å². The molecular weight excluding hydrogens is 240 g/mol. The van der Waals surface area contributed by atoms with Gasteiger partial charge >= 0.3 is 0 Å². The maximum atomic E-state index is 2.62. The Morgan fingerprint density at radius 1 is 0.950 bits per heavy atom. The van der Waals surface area contributed by atoms with Gasteiger partial charge in [-0.1, -0.05) is 41.5 Å². The molecule has 1 radical (unpaired) electrons. The van der Waals surface area contributed by atoms with Crippen molar-refractivity contribution in [1.29, 1.82) is 0 Å². The van der Waals surface area contributed by atoms with Gasteiger partial charge < -0.3 is 0 Å². The lowest BCUT2D eigenvalue weighted by Crippen LogP contribution is -2.38. The highest BCUT2D eigenvalue weighted by Gasteiger charge is 2.67. The van der Waals surface area contributed by atoms with Crippen molar-refractivity contribution in [2.45, 2.75) is 73.6 Å². The summed E-state index contributed by atoms with van der Waals surface area (Å²) in [6.45, 7) is 15.5. The summed E-state index contributed by atoms with van der Waals surface area (Å²) in [4.78, 5) is 0. The van der Waals surface area contributed by atoms with Crippen LogP contribution >= 0.6 is 0 Å². The average molecular weight is 273 g/mol. The number of fused-ring (bicyclic) bond motifs is 4. The molecule has 0 heteroatoms. The minimum atomic E-state index is 0.558. The lowest BCUT2D eigenvalue weighted by Gasteiger charge is -2.45. The summed E-state index contributed by atoms with van der Waals surface area (Å²) >= 11 is 0. The first kappa shape index (κ1) is 13.6. The van der Waals surface area contributed by atoms with E-state index < -0.39 is 0 Å². The van der Waals surface area contributed by atoms with Crippen LogP contribution < -0.4 is 0 Å². The van der Waals surface area contributed by atoms with E-state index in [0.29, 0.717) is 16.2 Å². The van der Waals surface area contributed by atoms with Crippen molar-refractivity contribution in [3.63, 3.8) is 0 Å². The smallest absolute Gasteiger partial charge is 0.0139 e. The summed E-state index contributed by atoms with van der Waals surface area (Å²) in [7, 11) is 0. The summed E-state index contributed by atoms with van der Waals surface area (Å²) in [5, 5.41) is 0. The van der Waals surface area contributed by atoms with Crippen LogP contribution in [0.25, 0.3) is 0 Å². The molecule has 0 aliphatic heterocycles. The molecule has 4 bridgehead atoms. The van der Waals surface area contributed by atoms with E-state index >= 15 is 0 Å². The monoisotopic (exact) mass is 273 g/mol. The first-order valence-electron chi connectivity index (χ1n) is 9.06. The fourth-order valence-electron chi connectivity index (χ4n) is 7.61. The predicted molar refractivity (Wildman–Crippen MR) is 85.1 cm³/mol. The van der Waals surface area contributed by atoms with E-state index in [0.717, 1.165) is 29.6 Å². The Labute approximate surface area is 126 Å². The van der Waals surface area contributed by atoms with Gasteiger partial charge in [0.15, 0.2) is 0 Å². The second-order valence-electron chi connectivity index (χ2n) is 10.1. The van der Waals surface area contributed by atoms with Gasteiger partial charge in [0.05, 0.1) is 0 Å². The zero-order chi connectivity index (χ0) is 14.5. The van der Waals surface area contributed by atoms with E-state index in [9.17, 15) is 0 Å². The van der Waals surface area contributed by atoms with Gasteiger partial charge in [-0.3, -0.25) is 0 Å². The maximum absolute atomic E-state index is 2.62. The molecule has 4 aliphatic carbocycles. The van der Waals surface area contributed by atoms with Crippen molar-refractivity contribution in [2.75, 3.05) is 0 Å². The summed E-state index contributed by atoms with van der Waals surface area (Å²) in [6.07, 6.45) is 7.47. The lowest BCUT2D eigenvalue weighted by atomic mass is 9.59. The van der Waals surface area contributed by atoms with Gasteiger partial charge in [0, 0.05) is 0 Å². The number of rotatable bonds is 1. The third-order valence-electron chi connectivity index (χ3n) is 9.21. The van der Waals surface area contributed by atoms with Crippen molar-refractivity contribution in [3.8, 4) is 0 Å². The van der Waals surface area contributed by atoms with Gasteiger partial charge in [-0.2, -0.15) is 0 Å². The highest BCUT2D eigenvalue weighted by Crippen LogP contribution is 2.75. The van der Waals surface area contributed by atoms with E-state index in [1.807, 2.05) is 5.92 Å². The van der Waals surface area contributed by atoms with Crippen LogP contribution in [0.4, 0.5) is 0 Å². The molecule has 4 fully saturated rings. The summed E-state index contributed by atoms with van der Waals surface area (Å²) in [6, 6.07) is 0. The summed E-state index contributed by atoms with van der Waals surface area (Å²) in [5.41, 5.74) is 1.74. The van der Waals surface area contributed by atoms with Gasteiger partial charge in [-0.15, -0.1) is 0 Å². The minimum Gasteiger partial charge on any atom is -0.0622 e. The molecule has 0 heterocycles. The first-order valence-corrected chi connectivity index (χ1v) is 9.06. The van der Waals surface area contributed by atoms with Crippen LogP contribution in [0.15, 0.2) is 0 Å². The van der Waals surface area contributed by atoms with Crippen molar-refractivity contribution < 1.29 is 0 Å². The molecule has 0 saturated heterocycles. The van der Waals surface area contributed by atoms with Crippen LogP contribution in [-0.4, -0.2) is 0 Å². The standard InChI is InChI=1S/C20H33/c1-12-9-14-10-15(17(12)18(14,2)3)16-11-13-7-8-20(16,6)19(13,4)5/h12-15,17H,7-11H2,1-6H3. The molecule has 0 spiro atoms. The Hall–Kier alpha value is 0. The van der Waals surface area contributed by atoms with E-state index in [4.69, 9.17) is 0 Å². The van der Waals surface area contributed by atoms with Gasteiger partial charge in [0.25, 0.3) is 0 Å². The van der Waals surface area contributed by atoms with Gasteiger partial charge in [-0.05, 0) is 83.9 Å². The number of hydrogen-bond acceptors (Lipinski definition) is 0. The van der Waals surface area contributed by atoms with Gasteiger partial charge in [0.2, 0.25) is 0 Å². The molecule has 0 aromatic rings. The molecule has 6 unspecified atom stereocenters. The maximum Gasteiger partial charge on any atom is -0.0139 e. The lowest BCUT2D eigenvalue weighted by molar-refractivity contribution is 0.119. The largest absolute Gasteiger partial charge is 0.0622 e. The second kappa shape index (κ2) is 3.66. The normalized spacial score (nSPS) is 55.8. The molecule has 0 aromatic heterocycles. The van der Waals surface area contributed by atoms with Crippen LogP contribution in [-0.2, 0) is 0 Å². The zero-order valence-electron chi connectivity index (χ0n) is 14.4. The Morgan fingerprint density at radius 2 is 1.65 bits per heavy atom. The quantitative estimate of drug-likeness (QED) is 0.572. The third-order valence-corrected chi connectivity index (χ3v) is 9.21. The Morgan fingerprint density at radius 3 is 2.10 bits per heavy atom. The Balaban J connectivity index is 1.68. The van der Waals surface area contributed by atoms with E-state index in [-0.39, 0.29) is 0 Å². The fourth-order valence-corrected chi connectivity index (χ4v) is 7.61. The van der Waals surface area contributed by atoms with Crippen LogP contribution in [0.1, 0.15) is 73.6 Å². The minimum absolute atomic E-state index is 0.558. The Kier molecular flexibility index (Phi) is 2.50. The van der Waals surface area contributed by atoms with Gasteiger partial charge in [0.1, 0.15) is 0 Å². The average Bonchev–Trinajstić information content (AvgIpc) is 2.88. The molecule has 0 amide bonds. The van der Waals surface area contributed by atoms with Crippen LogP contribution in [0.2, 0.25) is 0 Å². The number of hydrogen-bond donors (Lipinski definition) is 0. The first-order chi connectivity index (χ1) is 9.19. The molecule has 0 aromatic carbocycles. The van der Waals surface area contributed by atoms with Crippen molar-refractivity contribution in [2.24, 2.45) is 45.8 Å². The molecule has 4 aliphatic rings. The molecule has 4 saturated carbocycles. The molecule has 0 nitrogen and oxygen atoms in total. The molecular formula is C20H33. The second-order valence-corrected chi connectivity index (χ2v) is 10.1. The summed E-state index contributed by atoms with van der Waals surface area (Å²) in [5.74, 6) is 6.92. The SMILES string of the molecule is CC1CC2CC([C]3CC4CCC3(C)C4(C)C)C1C2(C)C. The van der Waals surface area contributed by atoms with E-state index in [2.05, 4.69) is 41.5 Å². The highest BCUT2D eigenvalue weighted by atomic mass is 14.7.